The molecule has 1 aromatic heterocycles. The van der Waals surface area contributed by atoms with E-state index in [4.69, 9.17) is 4.74 Å². The maximum absolute atomic E-state index is 12.7. The first-order valence-corrected chi connectivity index (χ1v) is 4.76. The van der Waals surface area contributed by atoms with E-state index in [1.807, 2.05) is 0 Å². The molecule has 0 amide bonds. The van der Waals surface area contributed by atoms with Crippen LogP contribution >= 0.6 is 0 Å². The molecule has 15 heavy (non-hydrogen) atoms. The minimum absolute atomic E-state index is 0.304. The molecule has 0 radical (unpaired) electrons. The van der Waals surface area contributed by atoms with Crippen LogP contribution in [0, 0.1) is 5.95 Å². The van der Waals surface area contributed by atoms with E-state index in [1.54, 1.807) is 12.1 Å². The summed E-state index contributed by atoms with van der Waals surface area (Å²) < 4.78 is 17.4. The largest absolute Gasteiger partial charge is 0.391 e. The molecule has 0 bridgehead atoms. The van der Waals surface area contributed by atoms with Gasteiger partial charge >= 0.3 is 0 Å². The summed E-state index contributed by atoms with van der Waals surface area (Å²) in [7, 11) is 1.53. The third kappa shape index (κ3) is 4.71. The van der Waals surface area contributed by atoms with Gasteiger partial charge in [-0.15, -0.1) is 0 Å². The van der Waals surface area contributed by atoms with Gasteiger partial charge in [0, 0.05) is 13.7 Å². The molecule has 0 saturated carbocycles. The van der Waals surface area contributed by atoms with Gasteiger partial charge in [0.05, 0.1) is 12.7 Å². The van der Waals surface area contributed by atoms with Crippen molar-refractivity contribution >= 4 is 5.82 Å². The Kier molecular flexibility index (Phi) is 5.00. The van der Waals surface area contributed by atoms with Crippen LogP contribution in [0.25, 0.3) is 0 Å². The Hall–Kier alpha value is -1.20. The summed E-state index contributed by atoms with van der Waals surface area (Å²) in [6.07, 6.45) is 0.0301. The fourth-order valence-corrected chi connectivity index (χ4v) is 1.15. The number of anilines is 1. The number of hydrogen-bond donors (Lipinski definition) is 2. The van der Waals surface area contributed by atoms with Crippen molar-refractivity contribution in [2.24, 2.45) is 0 Å². The maximum atomic E-state index is 12.7. The summed E-state index contributed by atoms with van der Waals surface area (Å²) in [5.41, 5.74) is 0. The van der Waals surface area contributed by atoms with Crippen LogP contribution in [0.2, 0.25) is 0 Å². The number of halogens is 1. The highest BCUT2D eigenvalue weighted by molar-refractivity contribution is 5.33. The van der Waals surface area contributed by atoms with Gasteiger partial charge < -0.3 is 15.2 Å². The van der Waals surface area contributed by atoms with Gasteiger partial charge in [0.25, 0.3) is 0 Å². The van der Waals surface area contributed by atoms with Crippen LogP contribution in [0.5, 0.6) is 0 Å². The van der Waals surface area contributed by atoms with E-state index in [2.05, 4.69) is 10.3 Å². The van der Waals surface area contributed by atoms with Gasteiger partial charge in [0.1, 0.15) is 5.82 Å². The lowest BCUT2D eigenvalue weighted by molar-refractivity contribution is 0.0615. The molecule has 1 rings (SSSR count). The van der Waals surface area contributed by atoms with Crippen molar-refractivity contribution in [1.82, 2.24) is 4.98 Å². The first-order chi connectivity index (χ1) is 7.22. The molecule has 5 heteroatoms. The molecule has 1 unspecified atom stereocenters. The number of aliphatic hydroxyl groups excluding tert-OH is 1. The molecule has 0 aliphatic rings. The minimum Gasteiger partial charge on any atom is -0.391 e. The molecular weight excluding hydrogens is 199 g/mol. The summed E-state index contributed by atoms with van der Waals surface area (Å²) >= 11 is 0. The summed E-state index contributed by atoms with van der Waals surface area (Å²) in [5, 5.41) is 12.2. The summed E-state index contributed by atoms with van der Waals surface area (Å²) in [6.45, 7) is 0.833. The summed E-state index contributed by atoms with van der Waals surface area (Å²) in [5.74, 6) is -0.0444. The lowest BCUT2D eigenvalue weighted by Crippen LogP contribution is -2.18. The fraction of sp³-hybridized carbons (Fsp3) is 0.500. The topological polar surface area (TPSA) is 54.4 Å². The number of nitrogens with one attached hydrogen (secondary N) is 1. The number of nitrogens with zero attached hydrogens (tertiary/aromatic N) is 1. The third-order valence-electron chi connectivity index (χ3n) is 1.86. The van der Waals surface area contributed by atoms with Gasteiger partial charge in [-0.1, -0.05) is 6.07 Å². The predicted molar refractivity (Wildman–Crippen MR) is 55.2 cm³/mol. The van der Waals surface area contributed by atoms with Gasteiger partial charge in [0.15, 0.2) is 0 Å². The first-order valence-electron chi connectivity index (χ1n) is 4.76. The molecule has 0 aromatic carbocycles. The molecule has 0 spiro atoms. The normalized spacial score (nSPS) is 12.5. The summed E-state index contributed by atoms with van der Waals surface area (Å²) in [6, 6.07) is 4.53. The lowest BCUT2D eigenvalue weighted by atomic mass is 10.2. The van der Waals surface area contributed by atoms with Crippen molar-refractivity contribution in [3.8, 4) is 0 Å². The Balaban J connectivity index is 2.25. The second-order valence-corrected chi connectivity index (χ2v) is 3.17. The van der Waals surface area contributed by atoms with E-state index in [-0.39, 0.29) is 0 Å². The Morgan fingerprint density at radius 1 is 1.60 bits per heavy atom. The highest BCUT2D eigenvalue weighted by Gasteiger charge is 2.02. The van der Waals surface area contributed by atoms with Gasteiger partial charge in [-0.2, -0.15) is 4.39 Å². The predicted octanol–water partition coefficient (Wildman–Crippen LogP) is 1.03. The number of pyridine rings is 1. The smallest absolute Gasteiger partial charge is 0.214 e. The van der Waals surface area contributed by atoms with Gasteiger partial charge in [-0.05, 0) is 18.6 Å². The standard InChI is InChI=1S/C10H15FN2O2/c1-15-7-8(14)5-6-12-10-4-2-3-9(11)13-10/h2-4,8,14H,5-7H2,1H3,(H,12,13). The van der Waals surface area contributed by atoms with E-state index < -0.39 is 12.1 Å². The average Bonchev–Trinajstić information content (AvgIpc) is 2.18. The molecule has 84 valence electrons. The lowest BCUT2D eigenvalue weighted by Gasteiger charge is -2.10. The molecule has 0 aliphatic carbocycles. The average molecular weight is 214 g/mol. The SMILES string of the molecule is COCC(O)CCNc1cccc(F)n1. The van der Waals surface area contributed by atoms with Crippen molar-refractivity contribution in [3.63, 3.8) is 0 Å². The molecule has 0 aliphatic heterocycles. The fourth-order valence-electron chi connectivity index (χ4n) is 1.15. The van der Waals surface area contributed by atoms with Crippen LogP contribution in [0.3, 0.4) is 0 Å². The van der Waals surface area contributed by atoms with E-state index in [0.29, 0.717) is 25.4 Å². The van der Waals surface area contributed by atoms with E-state index in [0.717, 1.165) is 0 Å². The van der Waals surface area contributed by atoms with Gasteiger partial charge in [-0.3, -0.25) is 0 Å². The zero-order chi connectivity index (χ0) is 11.1. The highest BCUT2D eigenvalue weighted by atomic mass is 19.1. The van der Waals surface area contributed by atoms with Crippen LogP contribution in [-0.4, -0.2) is 36.5 Å². The second-order valence-electron chi connectivity index (χ2n) is 3.17. The van der Waals surface area contributed by atoms with Crippen LogP contribution in [-0.2, 0) is 4.74 Å². The molecule has 4 nitrogen and oxygen atoms in total. The number of ether oxygens (including phenoxy) is 1. The zero-order valence-electron chi connectivity index (χ0n) is 8.61. The second kappa shape index (κ2) is 6.31. The van der Waals surface area contributed by atoms with E-state index >= 15 is 0 Å². The Morgan fingerprint density at radius 2 is 2.40 bits per heavy atom. The van der Waals surface area contributed by atoms with Gasteiger partial charge in [0.2, 0.25) is 5.95 Å². The number of aliphatic hydroxyl groups is 1. The number of methoxy groups -OCH3 is 1. The maximum Gasteiger partial charge on any atom is 0.214 e. The Labute approximate surface area is 88.1 Å². The Morgan fingerprint density at radius 3 is 3.07 bits per heavy atom. The van der Waals surface area contributed by atoms with E-state index in [1.165, 1.54) is 13.2 Å². The molecule has 1 aromatic rings. The third-order valence-corrected chi connectivity index (χ3v) is 1.86. The van der Waals surface area contributed by atoms with Crippen molar-refractivity contribution in [1.29, 1.82) is 0 Å². The number of aromatic nitrogens is 1. The first kappa shape index (κ1) is 11.9. The molecule has 1 heterocycles. The highest BCUT2D eigenvalue weighted by Crippen LogP contribution is 2.03. The van der Waals surface area contributed by atoms with Crippen LogP contribution in [0.1, 0.15) is 6.42 Å². The quantitative estimate of drug-likeness (QED) is 0.694. The molecule has 0 saturated heterocycles. The van der Waals surface area contributed by atoms with E-state index in [9.17, 15) is 9.50 Å². The van der Waals surface area contributed by atoms with Crippen molar-refractivity contribution < 1.29 is 14.2 Å². The summed E-state index contributed by atoms with van der Waals surface area (Å²) in [4.78, 5) is 3.63. The molecule has 0 fully saturated rings. The number of hydrogen-bond acceptors (Lipinski definition) is 4. The van der Waals surface area contributed by atoms with Crippen LogP contribution in [0.15, 0.2) is 18.2 Å². The molecule has 2 N–H and O–H groups in total. The van der Waals surface area contributed by atoms with Crippen LogP contribution in [0.4, 0.5) is 10.2 Å². The number of rotatable bonds is 6. The Bertz CT molecular complexity index is 297. The molecule has 1 atom stereocenters. The van der Waals surface area contributed by atoms with Crippen molar-refractivity contribution in [2.45, 2.75) is 12.5 Å². The minimum atomic E-state index is -0.516. The van der Waals surface area contributed by atoms with Crippen molar-refractivity contribution in [3.05, 3.63) is 24.1 Å². The monoisotopic (exact) mass is 214 g/mol. The zero-order valence-corrected chi connectivity index (χ0v) is 8.61. The van der Waals surface area contributed by atoms with Gasteiger partial charge in [-0.25, -0.2) is 4.98 Å². The van der Waals surface area contributed by atoms with Crippen LogP contribution < -0.4 is 5.32 Å². The van der Waals surface area contributed by atoms with Crippen molar-refractivity contribution in [2.75, 3.05) is 25.6 Å². The molecular formula is C10H15FN2O2.